The molecule has 1 spiro atoms. The number of carbonyl (C=O) groups excluding carboxylic acids is 4. The zero-order chi connectivity index (χ0) is 21.9. The molecule has 1 unspecified atom stereocenters. The van der Waals surface area contributed by atoms with Gasteiger partial charge >= 0.3 is 23.9 Å². The quantitative estimate of drug-likeness (QED) is 0.310. The number of rotatable bonds is 5. The van der Waals surface area contributed by atoms with E-state index < -0.39 is 58.7 Å². The number of esters is 4. The Morgan fingerprint density at radius 1 is 1.03 bits per heavy atom. The topological polar surface area (TPSA) is 152 Å². The van der Waals surface area contributed by atoms with Crippen LogP contribution in [0.1, 0.15) is 27.7 Å². The Morgan fingerprint density at radius 3 is 2.03 bits per heavy atom. The van der Waals surface area contributed by atoms with Crippen LogP contribution in [-0.2, 0) is 42.9 Å². The van der Waals surface area contributed by atoms with Gasteiger partial charge in [0, 0.05) is 27.7 Å². The molecular weight excluding hydrogens is 428 g/mol. The van der Waals surface area contributed by atoms with Crippen LogP contribution in [0.3, 0.4) is 0 Å². The van der Waals surface area contributed by atoms with Crippen LogP contribution in [0, 0.1) is 0 Å². The van der Waals surface area contributed by atoms with Gasteiger partial charge in [0.25, 0.3) is 0 Å². The molecule has 0 aromatic rings. The molecule has 13 heteroatoms. The van der Waals surface area contributed by atoms with Gasteiger partial charge in [0.05, 0.1) is 0 Å². The van der Waals surface area contributed by atoms with Crippen LogP contribution in [0.2, 0.25) is 0 Å². The van der Waals surface area contributed by atoms with Gasteiger partial charge in [-0.2, -0.15) is 0 Å². The van der Waals surface area contributed by atoms with E-state index >= 15 is 0 Å². The fourth-order valence-corrected chi connectivity index (χ4v) is 4.77. The normalized spacial score (nSPS) is 33.6. The second kappa shape index (κ2) is 9.24. The summed E-state index contributed by atoms with van der Waals surface area (Å²) in [5, 5.41) is 2.80. The maximum absolute atomic E-state index is 11.8. The van der Waals surface area contributed by atoms with Crippen molar-refractivity contribution >= 4 is 52.8 Å². The number of hydrogen-bond donors (Lipinski definition) is 2. The first-order valence-corrected chi connectivity index (χ1v) is 9.82. The summed E-state index contributed by atoms with van der Waals surface area (Å²) in [6.45, 7) is 4.30. The molecule has 2 aliphatic heterocycles. The van der Waals surface area contributed by atoms with Gasteiger partial charge in [0.2, 0.25) is 4.93 Å². The molecule has 0 bridgehead atoms. The van der Waals surface area contributed by atoms with Crippen LogP contribution in [0.5, 0.6) is 0 Å². The molecule has 162 valence electrons. The molecule has 0 aromatic heterocycles. The highest BCUT2D eigenvalue weighted by Gasteiger charge is 2.65. The average Bonchev–Trinajstić information content (AvgIpc) is 2.85. The van der Waals surface area contributed by atoms with Crippen molar-refractivity contribution in [3.05, 3.63) is 0 Å². The Balaban J connectivity index is 2.55. The number of thiocarbonyl (C=S) groups is 1. The molecule has 0 amide bonds. The molecule has 0 saturated carbocycles. The third kappa shape index (κ3) is 5.35. The van der Waals surface area contributed by atoms with E-state index in [0.29, 0.717) is 0 Å². The monoisotopic (exact) mass is 450 g/mol. The highest BCUT2D eigenvalue weighted by Crippen LogP contribution is 2.47. The van der Waals surface area contributed by atoms with Crippen molar-refractivity contribution in [3.63, 3.8) is 0 Å². The number of carbonyl (C=O) groups is 4. The van der Waals surface area contributed by atoms with Crippen molar-refractivity contribution in [2.75, 3.05) is 6.61 Å². The Morgan fingerprint density at radius 2 is 1.59 bits per heavy atom. The summed E-state index contributed by atoms with van der Waals surface area (Å²) >= 11 is 6.35. The Bertz CT molecular complexity index is 719. The second-order valence-electron chi connectivity index (χ2n) is 6.32. The van der Waals surface area contributed by atoms with Crippen LogP contribution < -0.4 is 11.1 Å². The van der Waals surface area contributed by atoms with Gasteiger partial charge in [0.15, 0.2) is 18.3 Å². The molecule has 2 aliphatic rings. The maximum atomic E-state index is 11.8. The zero-order valence-electron chi connectivity index (χ0n) is 16.2. The van der Waals surface area contributed by atoms with Gasteiger partial charge in [-0.3, -0.25) is 19.2 Å². The summed E-state index contributed by atoms with van der Waals surface area (Å²) in [5.74, 6) is -2.75. The van der Waals surface area contributed by atoms with Crippen molar-refractivity contribution in [1.82, 2.24) is 5.32 Å². The summed E-state index contributed by atoms with van der Waals surface area (Å²) in [6.07, 6.45) is -4.92. The zero-order valence-corrected chi connectivity index (χ0v) is 17.8. The second-order valence-corrected chi connectivity index (χ2v) is 8.07. The van der Waals surface area contributed by atoms with Gasteiger partial charge in [-0.15, -0.1) is 0 Å². The van der Waals surface area contributed by atoms with Crippen molar-refractivity contribution in [3.8, 4) is 0 Å². The third-order valence-electron chi connectivity index (χ3n) is 3.93. The van der Waals surface area contributed by atoms with Gasteiger partial charge < -0.3 is 34.7 Å². The van der Waals surface area contributed by atoms with Crippen LogP contribution in [-0.4, -0.2) is 70.3 Å². The Labute approximate surface area is 176 Å². The first-order valence-electron chi connectivity index (χ1n) is 8.53. The predicted octanol–water partition coefficient (Wildman–Crippen LogP) is -0.654. The first-order chi connectivity index (χ1) is 13.5. The fourth-order valence-electron chi connectivity index (χ4n) is 3.04. The third-order valence-corrected chi connectivity index (χ3v) is 5.73. The smallest absolute Gasteiger partial charge is 0.303 e. The van der Waals surface area contributed by atoms with E-state index in [2.05, 4.69) is 5.32 Å². The Kier molecular flexibility index (Phi) is 7.43. The lowest BCUT2D eigenvalue weighted by atomic mass is 9.93. The van der Waals surface area contributed by atoms with Crippen LogP contribution in [0.15, 0.2) is 0 Å². The molecule has 6 atom stereocenters. The van der Waals surface area contributed by atoms with E-state index in [9.17, 15) is 19.2 Å². The van der Waals surface area contributed by atoms with Gasteiger partial charge in [-0.1, -0.05) is 24.0 Å². The summed E-state index contributed by atoms with van der Waals surface area (Å²) in [5.41, 5.74) is 5.21. The molecule has 29 heavy (non-hydrogen) atoms. The van der Waals surface area contributed by atoms with Crippen molar-refractivity contribution < 1.29 is 42.9 Å². The molecular formula is C16H22N2O9S2. The lowest BCUT2D eigenvalue weighted by Crippen LogP contribution is -2.68. The molecule has 2 heterocycles. The molecule has 0 aliphatic carbocycles. The highest BCUT2D eigenvalue weighted by molar-refractivity contribution is 8.03. The molecule has 3 N–H and O–H groups in total. The summed E-state index contributed by atoms with van der Waals surface area (Å²) < 4.78 is 27.2. The molecule has 2 saturated heterocycles. The van der Waals surface area contributed by atoms with Crippen molar-refractivity contribution in [2.24, 2.45) is 5.73 Å². The van der Waals surface area contributed by atoms with E-state index in [1.54, 1.807) is 0 Å². The van der Waals surface area contributed by atoms with Gasteiger partial charge in [-0.25, -0.2) is 0 Å². The molecule has 2 rings (SSSR count). The highest BCUT2D eigenvalue weighted by atomic mass is 32.2. The Hall–Kier alpha value is -1.96. The van der Waals surface area contributed by atoms with Gasteiger partial charge in [-0.05, 0) is 0 Å². The molecule has 0 radical (unpaired) electrons. The van der Waals surface area contributed by atoms with Crippen molar-refractivity contribution in [2.45, 2.75) is 62.5 Å². The first kappa shape index (κ1) is 23.3. The van der Waals surface area contributed by atoms with Crippen molar-refractivity contribution in [1.29, 1.82) is 0 Å². The lowest BCUT2D eigenvalue weighted by molar-refractivity contribution is -0.247. The van der Waals surface area contributed by atoms with Crippen LogP contribution in [0.25, 0.3) is 0 Å². The van der Waals surface area contributed by atoms with Crippen LogP contribution >= 0.6 is 24.0 Å². The summed E-state index contributed by atoms with van der Waals surface area (Å²) in [4.78, 5) is 45.1. The minimum atomic E-state index is -1.55. The number of ether oxygens (including phenoxy) is 5. The number of thioether (sulfide) groups is 1. The maximum Gasteiger partial charge on any atom is 0.303 e. The van der Waals surface area contributed by atoms with E-state index in [4.69, 9.17) is 41.6 Å². The van der Waals surface area contributed by atoms with E-state index in [1.165, 1.54) is 6.92 Å². The summed E-state index contributed by atoms with van der Waals surface area (Å²) in [6, 6.07) is 0. The fraction of sp³-hybridized carbons (Fsp3) is 0.688. The number of nitrogens with two attached hydrogens (primary N) is 1. The van der Waals surface area contributed by atoms with E-state index in [1.807, 2.05) is 0 Å². The molecule has 0 aromatic carbocycles. The van der Waals surface area contributed by atoms with E-state index in [0.717, 1.165) is 32.5 Å². The van der Waals surface area contributed by atoms with Gasteiger partial charge in [0.1, 0.15) is 23.2 Å². The minimum absolute atomic E-state index is 0.0903. The minimum Gasteiger partial charge on any atom is -0.463 e. The molecule has 2 fully saturated rings. The average molecular weight is 450 g/mol. The number of hydrogen-bond acceptors (Lipinski definition) is 12. The SMILES string of the molecule is CC(=O)OC[C@H]1O[C@]2(SC(N)NC2=S)[C@H](OC(C)=O)[C@@H](OC(C)=O)[C@H]1OC(C)=O. The predicted molar refractivity (Wildman–Crippen MR) is 102 cm³/mol. The largest absolute Gasteiger partial charge is 0.463 e. The van der Waals surface area contributed by atoms with E-state index in [-0.39, 0.29) is 11.6 Å². The summed E-state index contributed by atoms with van der Waals surface area (Å²) in [7, 11) is 0. The molecule has 11 nitrogen and oxygen atoms in total. The standard InChI is InChI=1S/C16H22N2O9S2/c1-6(19)23-5-10-11(24-7(2)20)12(25-8(3)21)13(26-9(4)22)16(27-10)14(28)18-15(17)29-16/h10-13,15H,5,17H2,1-4H3,(H,18,28)/t10-,11+,12+,13-,15?,16+/m1/s1. The lowest BCUT2D eigenvalue weighted by Gasteiger charge is -2.48. The number of nitrogens with one attached hydrogen (secondary N) is 1. The van der Waals surface area contributed by atoms with Crippen LogP contribution in [0.4, 0.5) is 0 Å².